The molecule has 1 aliphatic rings. The molecule has 106 valence electrons. The van der Waals surface area contributed by atoms with Crippen LogP contribution >= 0.6 is 0 Å². The van der Waals surface area contributed by atoms with E-state index in [1.54, 1.807) is 0 Å². The van der Waals surface area contributed by atoms with Crippen molar-refractivity contribution in [3.8, 4) is 0 Å². The van der Waals surface area contributed by atoms with E-state index in [2.05, 4.69) is 30.3 Å². The number of Topliss-reactive ketones (excluding diaryl/α,β-unsaturated/α-hetero) is 1. The van der Waals surface area contributed by atoms with Crippen LogP contribution in [0.4, 0.5) is 0 Å². The molecule has 0 spiro atoms. The molecule has 0 amide bonds. The number of aromatic nitrogens is 3. The standard InChI is InChI=1S/C16H21N3O/c1-11-7-12-13(8-16(2,3)9-14(12)20)19(11)10-15-17-5-6-18(15)4/h5-7H,8-10H2,1-4H3. The minimum absolute atomic E-state index is 0.0499. The number of ketones is 1. The van der Waals surface area contributed by atoms with Gasteiger partial charge in [-0.05, 0) is 24.8 Å². The monoisotopic (exact) mass is 271 g/mol. The van der Waals surface area contributed by atoms with Crippen LogP contribution in [0, 0.1) is 12.3 Å². The highest BCUT2D eigenvalue weighted by Gasteiger charge is 2.33. The summed E-state index contributed by atoms with van der Waals surface area (Å²) in [6, 6.07) is 2.04. The van der Waals surface area contributed by atoms with Gasteiger partial charge in [0.25, 0.3) is 0 Å². The lowest BCUT2D eigenvalue weighted by Crippen LogP contribution is -2.28. The second kappa shape index (κ2) is 4.33. The average molecular weight is 271 g/mol. The van der Waals surface area contributed by atoms with Crippen LogP contribution in [0.2, 0.25) is 0 Å². The number of hydrogen-bond acceptors (Lipinski definition) is 2. The number of hydrogen-bond donors (Lipinski definition) is 0. The quantitative estimate of drug-likeness (QED) is 0.842. The normalized spacial score (nSPS) is 17.3. The molecule has 4 heteroatoms. The van der Waals surface area contributed by atoms with Crippen LogP contribution in [0.15, 0.2) is 18.5 Å². The van der Waals surface area contributed by atoms with Gasteiger partial charge in [-0.3, -0.25) is 4.79 Å². The molecule has 3 rings (SSSR count). The van der Waals surface area contributed by atoms with E-state index in [1.165, 1.54) is 5.69 Å². The van der Waals surface area contributed by atoms with Crippen molar-refractivity contribution in [2.75, 3.05) is 0 Å². The maximum absolute atomic E-state index is 12.3. The Morgan fingerprint density at radius 3 is 2.75 bits per heavy atom. The minimum Gasteiger partial charge on any atom is -0.341 e. The molecule has 0 radical (unpaired) electrons. The first-order chi connectivity index (χ1) is 9.37. The largest absolute Gasteiger partial charge is 0.341 e. The molecule has 0 fully saturated rings. The zero-order valence-corrected chi connectivity index (χ0v) is 12.6. The minimum atomic E-state index is 0.0499. The molecule has 1 aliphatic carbocycles. The van der Waals surface area contributed by atoms with E-state index in [1.807, 2.05) is 30.1 Å². The third kappa shape index (κ3) is 2.09. The van der Waals surface area contributed by atoms with Crippen molar-refractivity contribution < 1.29 is 4.79 Å². The molecule has 0 atom stereocenters. The number of nitrogens with zero attached hydrogens (tertiary/aromatic N) is 3. The first kappa shape index (κ1) is 13.2. The zero-order valence-electron chi connectivity index (χ0n) is 12.6. The lowest BCUT2D eigenvalue weighted by atomic mass is 9.76. The predicted molar refractivity (Wildman–Crippen MR) is 77.9 cm³/mol. The lowest BCUT2D eigenvalue weighted by molar-refractivity contribution is 0.0910. The Morgan fingerprint density at radius 1 is 1.35 bits per heavy atom. The highest BCUT2D eigenvalue weighted by Crippen LogP contribution is 2.36. The fourth-order valence-electron chi connectivity index (χ4n) is 3.12. The van der Waals surface area contributed by atoms with Crippen molar-refractivity contribution in [2.45, 2.75) is 40.2 Å². The second-order valence-electron chi connectivity index (χ2n) is 6.63. The van der Waals surface area contributed by atoms with Crippen molar-refractivity contribution in [1.29, 1.82) is 0 Å². The van der Waals surface area contributed by atoms with E-state index in [9.17, 15) is 4.79 Å². The van der Waals surface area contributed by atoms with Gasteiger partial charge >= 0.3 is 0 Å². The summed E-state index contributed by atoms with van der Waals surface area (Å²) in [6.45, 7) is 7.14. The molecule has 2 aromatic heterocycles. The van der Waals surface area contributed by atoms with Crippen LogP contribution in [0.5, 0.6) is 0 Å². The topological polar surface area (TPSA) is 39.8 Å². The summed E-state index contributed by atoms with van der Waals surface area (Å²) < 4.78 is 4.28. The summed E-state index contributed by atoms with van der Waals surface area (Å²) in [5, 5.41) is 0. The van der Waals surface area contributed by atoms with Crippen LogP contribution in [-0.2, 0) is 20.0 Å². The molecule has 2 heterocycles. The number of carbonyl (C=O) groups excluding carboxylic acids is 1. The van der Waals surface area contributed by atoms with E-state index in [0.29, 0.717) is 6.42 Å². The SMILES string of the molecule is Cc1cc2c(n1Cc1nccn1C)CC(C)(C)CC2=O. The molecule has 0 bridgehead atoms. The Kier molecular flexibility index (Phi) is 2.85. The summed E-state index contributed by atoms with van der Waals surface area (Å²) in [5.74, 6) is 1.29. The maximum atomic E-state index is 12.3. The highest BCUT2D eigenvalue weighted by atomic mass is 16.1. The van der Waals surface area contributed by atoms with Crippen molar-refractivity contribution in [3.63, 3.8) is 0 Å². The highest BCUT2D eigenvalue weighted by molar-refractivity contribution is 5.99. The average Bonchev–Trinajstić information content (AvgIpc) is 2.86. The van der Waals surface area contributed by atoms with Gasteiger partial charge in [0.1, 0.15) is 5.82 Å². The van der Waals surface area contributed by atoms with E-state index in [-0.39, 0.29) is 11.2 Å². The van der Waals surface area contributed by atoms with E-state index in [4.69, 9.17) is 0 Å². The molecule has 0 aliphatic heterocycles. The molecular weight excluding hydrogens is 250 g/mol. The first-order valence-corrected chi connectivity index (χ1v) is 7.06. The number of rotatable bonds is 2. The third-order valence-electron chi connectivity index (χ3n) is 4.22. The Bertz CT molecular complexity index is 676. The Balaban J connectivity index is 2.05. The molecule has 20 heavy (non-hydrogen) atoms. The molecular formula is C16H21N3O. The summed E-state index contributed by atoms with van der Waals surface area (Å²) in [7, 11) is 2.00. The van der Waals surface area contributed by atoms with Gasteiger partial charge in [0.2, 0.25) is 0 Å². The Hall–Kier alpha value is -1.84. The number of aryl methyl sites for hydroxylation is 2. The van der Waals surface area contributed by atoms with Gasteiger partial charge in [-0.15, -0.1) is 0 Å². The van der Waals surface area contributed by atoms with Crippen molar-refractivity contribution >= 4 is 5.78 Å². The van der Waals surface area contributed by atoms with Gasteiger partial charge in [0, 0.05) is 42.8 Å². The van der Waals surface area contributed by atoms with Gasteiger partial charge in [0.15, 0.2) is 5.78 Å². The zero-order chi connectivity index (χ0) is 14.5. The van der Waals surface area contributed by atoms with Crippen LogP contribution in [0.3, 0.4) is 0 Å². The van der Waals surface area contributed by atoms with E-state index in [0.717, 1.165) is 30.0 Å². The molecule has 2 aromatic rings. The molecule has 4 nitrogen and oxygen atoms in total. The van der Waals surface area contributed by atoms with Gasteiger partial charge in [-0.2, -0.15) is 0 Å². The maximum Gasteiger partial charge on any atom is 0.165 e. The van der Waals surface area contributed by atoms with Crippen molar-refractivity contribution in [1.82, 2.24) is 14.1 Å². The van der Waals surface area contributed by atoms with Crippen LogP contribution < -0.4 is 0 Å². The van der Waals surface area contributed by atoms with Crippen LogP contribution in [0.1, 0.15) is 47.8 Å². The Morgan fingerprint density at radius 2 is 2.10 bits per heavy atom. The van der Waals surface area contributed by atoms with Crippen molar-refractivity contribution in [2.24, 2.45) is 12.5 Å². The van der Waals surface area contributed by atoms with Gasteiger partial charge in [-0.1, -0.05) is 13.8 Å². The summed E-state index contributed by atoms with van der Waals surface area (Å²) in [5.41, 5.74) is 3.28. The number of imidazole rings is 1. The van der Waals surface area contributed by atoms with Gasteiger partial charge in [0.05, 0.1) is 6.54 Å². The number of carbonyl (C=O) groups is 1. The first-order valence-electron chi connectivity index (χ1n) is 7.06. The summed E-state index contributed by atoms with van der Waals surface area (Å²) in [4.78, 5) is 16.7. The van der Waals surface area contributed by atoms with Crippen molar-refractivity contribution in [3.05, 3.63) is 41.2 Å². The van der Waals surface area contributed by atoms with E-state index >= 15 is 0 Å². The third-order valence-corrected chi connectivity index (χ3v) is 4.22. The molecule has 0 aromatic carbocycles. The fourth-order valence-corrected chi connectivity index (χ4v) is 3.12. The number of fused-ring (bicyclic) bond motifs is 1. The summed E-state index contributed by atoms with van der Waals surface area (Å²) in [6.07, 6.45) is 5.36. The molecule has 0 saturated heterocycles. The van der Waals surface area contributed by atoms with Gasteiger partial charge in [-0.25, -0.2) is 4.98 Å². The molecule has 0 unspecified atom stereocenters. The molecule has 0 N–H and O–H groups in total. The summed E-state index contributed by atoms with van der Waals surface area (Å²) >= 11 is 0. The van der Waals surface area contributed by atoms with Gasteiger partial charge < -0.3 is 9.13 Å². The fraction of sp³-hybridized carbons (Fsp3) is 0.500. The second-order valence-corrected chi connectivity index (χ2v) is 6.63. The molecule has 0 saturated carbocycles. The smallest absolute Gasteiger partial charge is 0.165 e. The van der Waals surface area contributed by atoms with Crippen LogP contribution in [0.25, 0.3) is 0 Å². The Labute approximate surface area is 119 Å². The predicted octanol–water partition coefficient (Wildman–Crippen LogP) is 2.73. The van der Waals surface area contributed by atoms with E-state index < -0.39 is 0 Å². The lowest BCUT2D eigenvalue weighted by Gasteiger charge is -2.29. The van der Waals surface area contributed by atoms with Crippen LogP contribution in [-0.4, -0.2) is 19.9 Å².